The number of benzene rings is 1. The van der Waals surface area contributed by atoms with Crippen LogP contribution in [0.1, 0.15) is 5.56 Å². The van der Waals surface area contributed by atoms with E-state index in [1.807, 2.05) is 24.3 Å². The van der Waals surface area contributed by atoms with Crippen LogP contribution in [-0.2, 0) is 20.6 Å². The lowest BCUT2D eigenvalue weighted by Gasteiger charge is -1.95. The van der Waals surface area contributed by atoms with Crippen LogP contribution in [-0.4, -0.2) is 38.6 Å². The van der Waals surface area contributed by atoms with Crippen LogP contribution in [0.2, 0.25) is 0 Å². The lowest BCUT2D eigenvalue weighted by molar-refractivity contribution is 0.102. The fourth-order valence-corrected chi connectivity index (χ4v) is 1.44. The first-order chi connectivity index (χ1) is 8.88. The molecule has 98 valence electrons. The lowest BCUT2D eigenvalue weighted by atomic mass is 10.2. The average molecular weight is 248 g/mol. The van der Waals surface area contributed by atoms with E-state index in [9.17, 15) is 0 Å². The van der Waals surface area contributed by atoms with Crippen LogP contribution >= 0.6 is 0 Å². The molecule has 2 unspecified atom stereocenters. The number of ether oxygens (including phenoxy) is 3. The molecule has 0 bridgehead atoms. The molecule has 0 saturated carbocycles. The van der Waals surface area contributed by atoms with Gasteiger partial charge in [-0.15, -0.1) is 6.58 Å². The van der Waals surface area contributed by atoms with Crippen molar-refractivity contribution in [2.75, 3.05) is 26.4 Å². The summed E-state index contributed by atoms with van der Waals surface area (Å²) in [6.07, 6.45) is 3.67. The molecular weight excluding hydrogens is 228 g/mol. The molecule has 0 radical (unpaired) electrons. The van der Waals surface area contributed by atoms with Crippen molar-refractivity contribution < 1.29 is 14.2 Å². The molecule has 2 saturated heterocycles. The predicted octanol–water partition coefficient (Wildman–Crippen LogP) is 2.22. The molecule has 18 heavy (non-hydrogen) atoms. The van der Waals surface area contributed by atoms with Crippen molar-refractivity contribution in [3.8, 4) is 0 Å². The Hall–Kier alpha value is -1.16. The maximum atomic E-state index is 5.23. The summed E-state index contributed by atoms with van der Waals surface area (Å²) in [6, 6.07) is 10.3. The zero-order valence-corrected chi connectivity index (χ0v) is 10.6. The van der Waals surface area contributed by atoms with E-state index >= 15 is 0 Å². The summed E-state index contributed by atoms with van der Waals surface area (Å²) in [5.74, 6) is 0. The molecule has 2 heterocycles. The van der Waals surface area contributed by atoms with Crippen molar-refractivity contribution >= 4 is 0 Å². The Morgan fingerprint density at radius 1 is 1.11 bits per heavy atom. The molecule has 0 amide bonds. The van der Waals surface area contributed by atoms with E-state index in [-0.39, 0.29) is 0 Å². The normalized spacial score (nSPS) is 23.8. The van der Waals surface area contributed by atoms with Gasteiger partial charge in [-0.1, -0.05) is 36.4 Å². The summed E-state index contributed by atoms with van der Waals surface area (Å²) in [5.41, 5.74) is 1.33. The first kappa shape index (κ1) is 13.3. The maximum Gasteiger partial charge on any atom is 0.104 e. The maximum absolute atomic E-state index is 5.23. The highest BCUT2D eigenvalue weighted by Crippen LogP contribution is 2.12. The van der Waals surface area contributed by atoms with Gasteiger partial charge in [0.05, 0.1) is 26.4 Å². The summed E-state index contributed by atoms with van der Waals surface area (Å²) in [6.45, 7) is 6.92. The van der Waals surface area contributed by atoms with Gasteiger partial charge in [0.2, 0.25) is 0 Å². The largest absolute Gasteiger partial charge is 0.376 e. The van der Waals surface area contributed by atoms with Gasteiger partial charge in [-0.05, 0) is 12.0 Å². The van der Waals surface area contributed by atoms with Crippen LogP contribution in [0.25, 0.3) is 0 Å². The number of hydrogen-bond donors (Lipinski definition) is 0. The van der Waals surface area contributed by atoms with Gasteiger partial charge < -0.3 is 14.2 Å². The molecule has 2 aliphatic heterocycles. The second kappa shape index (κ2) is 7.31. The monoisotopic (exact) mass is 248 g/mol. The fourth-order valence-electron chi connectivity index (χ4n) is 1.44. The van der Waals surface area contributed by atoms with Gasteiger partial charge in [0.15, 0.2) is 0 Å². The molecule has 3 rings (SSSR count). The van der Waals surface area contributed by atoms with Crippen LogP contribution in [0.4, 0.5) is 0 Å². The van der Waals surface area contributed by atoms with Gasteiger partial charge in [0.1, 0.15) is 12.2 Å². The Balaban J connectivity index is 0.000000134. The molecule has 1 aromatic rings. The second-order valence-corrected chi connectivity index (χ2v) is 4.43. The first-order valence-corrected chi connectivity index (χ1v) is 6.34. The third-order valence-corrected chi connectivity index (χ3v) is 2.64. The van der Waals surface area contributed by atoms with E-state index in [2.05, 4.69) is 18.7 Å². The Morgan fingerprint density at radius 3 is 2.11 bits per heavy atom. The van der Waals surface area contributed by atoms with E-state index in [0.29, 0.717) is 12.2 Å². The standard InChI is InChI=1S/C9H10.C6H10O3/c1-2-6-9-7-4-3-5-8-9;1(5-3-8-5)7-2-6-4-9-6/h2-5,7-8H,1,6H2;5-6H,1-4H2. The fraction of sp³-hybridized carbons (Fsp3) is 0.467. The van der Waals surface area contributed by atoms with Crippen molar-refractivity contribution in [1.82, 2.24) is 0 Å². The van der Waals surface area contributed by atoms with Crippen molar-refractivity contribution in [3.05, 3.63) is 48.6 Å². The zero-order chi connectivity index (χ0) is 12.6. The highest BCUT2D eigenvalue weighted by molar-refractivity contribution is 5.16. The minimum Gasteiger partial charge on any atom is -0.376 e. The van der Waals surface area contributed by atoms with Crippen molar-refractivity contribution in [2.24, 2.45) is 0 Å². The minimum absolute atomic E-state index is 0.392. The van der Waals surface area contributed by atoms with E-state index in [1.165, 1.54) is 5.56 Å². The summed E-state index contributed by atoms with van der Waals surface area (Å²) in [5, 5.41) is 0. The molecule has 3 nitrogen and oxygen atoms in total. The van der Waals surface area contributed by atoms with Gasteiger partial charge in [0, 0.05) is 0 Å². The van der Waals surface area contributed by atoms with Crippen LogP contribution < -0.4 is 0 Å². The van der Waals surface area contributed by atoms with Gasteiger partial charge in [-0.3, -0.25) is 0 Å². The van der Waals surface area contributed by atoms with Crippen LogP contribution in [0, 0.1) is 0 Å². The second-order valence-electron chi connectivity index (χ2n) is 4.43. The summed E-state index contributed by atoms with van der Waals surface area (Å²) in [4.78, 5) is 0. The molecule has 1 aromatic carbocycles. The smallest absolute Gasteiger partial charge is 0.104 e. The molecule has 0 aliphatic carbocycles. The summed E-state index contributed by atoms with van der Waals surface area (Å²) < 4.78 is 15.1. The van der Waals surface area contributed by atoms with Crippen molar-refractivity contribution in [2.45, 2.75) is 18.6 Å². The number of allylic oxidation sites excluding steroid dienone is 1. The lowest BCUT2D eigenvalue weighted by Crippen LogP contribution is -2.06. The first-order valence-electron chi connectivity index (χ1n) is 6.34. The van der Waals surface area contributed by atoms with Crippen molar-refractivity contribution in [1.29, 1.82) is 0 Å². The van der Waals surface area contributed by atoms with Crippen molar-refractivity contribution in [3.63, 3.8) is 0 Å². The SMILES string of the molecule is C(OCC1CO1)C1CO1.C=CCc1ccccc1. The van der Waals surface area contributed by atoms with Gasteiger partial charge >= 0.3 is 0 Å². The molecule has 2 atom stereocenters. The third kappa shape index (κ3) is 5.96. The van der Waals surface area contributed by atoms with E-state index in [0.717, 1.165) is 32.8 Å². The summed E-state index contributed by atoms with van der Waals surface area (Å²) >= 11 is 0. The number of epoxide rings is 2. The van der Waals surface area contributed by atoms with Crippen LogP contribution in [0.15, 0.2) is 43.0 Å². The molecule has 2 aliphatic rings. The molecular formula is C15H20O3. The Morgan fingerprint density at radius 2 is 1.67 bits per heavy atom. The third-order valence-electron chi connectivity index (χ3n) is 2.64. The van der Waals surface area contributed by atoms with E-state index in [1.54, 1.807) is 0 Å². The van der Waals surface area contributed by atoms with Crippen LogP contribution in [0.5, 0.6) is 0 Å². The van der Waals surface area contributed by atoms with Gasteiger partial charge in [0.25, 0.3) is 0 Å². The molecule has 0 N–H and O–H groups in total. The average Bonchev–Trinajstić information content (AvgIpc) is 3.27. The zero-order valence-electron chi connectivity index (χ0n) is 10.6. The molecule has 0 aromatic heterocycles. The number of hydrogen-bond acceptors (Lipinski definition) is 3. The summed E-state index contributed by atoms with van der Waals surface area (Å²) in [7, 11) is 0. The quantitative estimate of drug-likeness (QED) is 0.572. The number of rotatable bonds is 6. The highest BCUT2D eigenvalue weighted by atomic mass is 16.6. The van der Waals surface area contributed by atoms with Gasteiger partial charge in [-0.2, -0.15) is 0 Å². The van der Waals surface area contributed by atoms with Gasteiger partial charge in [-0.25, -0.2) is 0 Å². The van der Waals surface area contributed by atoms with E-state index in [4.69, 9.17) is 14.2 Å². The Labute approximate surface area is 108 Å². The molecule has 0 spiro atoms. The van der Waals surface area contributed by atoms with Crippen LogP contribution in [0.3, 0.4) is 0 Å². The highest BCUT2D eigenvalue weighted by Gasteiger charge is 2.26. The topological polar surface area (TPSA) is 34.3 Å². The molecule has 3 heteroatoms. The van der Waals surface area contributed by atoms with E-state index < -0.39 is 0 Å². The molecule has 2 fully saturated rings. The predicted molar refractivity (Wildman–Crippen MR) is 70.6 cm³/mol. The Bertz CT molecular complexity index is 330. The Kier molecular flexibility index (Phi) is 5.39. The minimum atomic E-state index is 0.392.